The molecule has 0 radical (unpaired) electrons. The van der Waals surface area contributed by atoms with Crippen molar-refractivity contribution in [2.75, 3.05) is 46.4 Å². The average molecular weight is 374 g/mol. The number of aromatic nitrogens is 1. The van der Waals surface area contributed by atoms with Crippen molar-refractivity contribution in [2.45, 2.75) is 0 Å². The van der Waals surface area contributed by atoms with Gasteiger partial charge in [0.1, 0.15) is 10.7 Å². The van der Waals surface area contributed by atoms with Crippen LogP contribution in [0.1, 0.15) is 10.5 Å². The Morgan fingerprint density at radius 2 is 1.92 bits per heavy atom. The Bertz CT molecular complexity index is 742. The number of ether oxygens (including phenoxy) is 1. The number of amides is 2. The normalized spacial score (nSPS) is 14.9. The molecule has 26 heavy (non-hydrogen) atoms. The first-order valence-corrected chi connectivity index (χ1v) is 9.39. The van der Waals surface area contributed by atoms with Gasteiger partial charge in [0.15, 0.2) is 0 Å². The summed E-state index contributed by atoms with van der Waals surface area (Å²) >= 11 is 1.47. The van der Waals surface area contributed by atoms with Gasteiger partial charge >= 0.3 is 6.09 Å². The minimum Gasteiger partial charge on any atom is -0.453 e. The number of benzene rings is 1. The van der Waals surface area contributed by atoms with Gasteiger partial charge in [-0.2, -0.15) is 0 Å². The van der Waals surface area contributed by atoms with Gasteiger partial charge in [0, 0.05) is 50.2 Å². The van der Waals surface area contributed by atoms with Crippen molar-refractivity contribution in [1.29, 1.82) is 0 Å². The maximum atomic E-state index is 12.3. The monoisotopic (exact) mass is 374 g/mol. The molecule has 1 N–H and O–H groups in total. The summed E-state index contributed by atoms with van der Waals surface area (Å²) in [7, 11) is 1.39. The Morgan fingerprint density at radius 3 is 2.62 bits per heavy atom. The third-order valence-electron chi connectivity index (χ3n) is 4.28. The lowest BCUT2D eigenvalue weighted by atomic mass is 10.2. The van der Waals surface area contributed by atoms with Crippen LogP contribution >= 0.6 is 11.3 Å². The highest BCUT2D eigenvalue weighted by Crippen LogP contribution is 2.23. The van der Waals surface area contributed by atoms with E-state index in [-0.39, 0.29) is 12.0 Å². The summed E-state index contributed by atoms with van der Waals surface area (Å²) in [4.78, 5) is 32.0. The van der Waals surface area contributed by atoms with Gasteiger partial charge in [-0.3, -0.25) is 9.69 Å². The van der Waals surface area contributed by atoms with E-state index in [0.717, 1.165) is 30.2 Å². The lowest BCUT2D eigenvalue weighted by molar-refractivity contribution is 0.0883. The molecule has 138 valence electrons. The number of nitrogens with zero attached hydrogens (tertiary/aromatic N) is 3. The first-order valence-electron chi connectivity index (χ1n) is 8.52. The fourth-order valence-electron chi connectivity index (χ4n) is 2.79. The van der Waals surface area contributed by atoms with Crippen LogP contribution in [0.25, 0.3) is 10.6 Å². The van der Waals surface area contributed by atoms with E-state index in [9.17, 15) is 9.59 Å². The van der Waals surface area contributed by atoms with Crippen LogP contribution < -0.4 is 5.32 Å². The van der Waals surface area contributed by atoms with Crippen molar-refractivity contribution in [3.05, 3.63) is 41.4 Å². The molecule has 1 aromatic heterocycles. The number of carbonyl (C=O) groups is 2. The molecule has 1 fully saturated rings. The van der Waals surface area contributed by atoms with Gasteiger partial charge in [-0.05, 0) is 0 Å². The zero-order valence-electron chi connectivity index (χ0n) is 14.7. The first kappa shape index (κ1) is 18.3. The van der Waals surface area contributed by atoms with E-state index in [2.05, 4.69) is 15.2 Å². The van der Waals surface area contributed by atoms with E-state index in [1.165, 1.54) is 18.4 Å². The molecule has 7 nitrogen and oxygen atoms in total. The van der Waals surface area contributed by atoms with E-state index in [1.807, 2.05) is 30.3 Å². The summed E-state index contributed by atoms with van der Waals surface area (Å²) in [6, 6.07) is 9.82. The Morgan fingerprint density at radius 1 is 1.19 bits per heavy atom. The molecule has 3 rings (SSSR count). The molecule has 1 aromatic carbocycles. The Hall–Kier alpha value is -2.45. The van der Waals surface area contributed by atoms with Crippen molar-refractivity contribution in [2.24, 2.45) is 0 Å². The third kappa shape index (κ3) is 4.59. The number of hydrogen-bond acceptors (Lipinski definition) is 6. The highest BCUT2D eigenvalue weighted by molar-refractivity contribution is 7.13. The molecule has 8 heteroatoms. The van der Waals surface area contributed by atoms with Gasteiger partial charge in [0.25, 0.3) is 5.91 Å². The van der Waals surface area contributed by atoms with Crippen molar-refractivity contribution >= 4 is 23.3 Å². The number of piperazine rings is 1. The van der Waals surface area contributed by atoms with E-state index in [4.69, 9.17) is 4.74 Å². The highest BCUT2D eigenvalue weighted by atomic mass is 32.1. The molecular weight excluding hydrogens is 352 g/mol. The predicted octanol–water partition coefficient (Wildman–Crippen LogP) is 1.92. The molecule has 2 heterocycles. The van der Waals surface area contributed by atoms with Gasteiger partial charge in [-0.25, -0.2) is 9.78 Å². The van der Waals surface area contributed by atoms with Crippen LogP contribution in [0.15, 0.2) is 35.7 Å². The zero-order valence-corrected chi connectivity index (χ0v) is 15.5. The van der Waals surface area contributed by atoms with Crippen molar-refractivity contribution < 1.29 is 14.3 Å². The lowest BCUT2D eigenvalue weighted by Crippen LogP contribution is -2.50. The molecule has 0 spiro atoms. The van der Waals surface area contributed by atoms with Crippen LogP contribution in [-0.2, 0) is 4.74 Å². The highest BCUT2D eigenvalue weighted by Gasteiger charge is 2.21. The minimum atomic E-state index is -0.282. The SMILES string of the molecule is COC(=O)N1CCN(CCNC(=O)c2csc(-c3ccccc3)n2)CC1. The second-order valence-electron chi connectivity index (χ2n) is 5.96. The molecule has 1 aliphatic rings. The minimum absolute atomic E-state index is 0.156. The van der Waals surface area contributed by atoms with Crippen molar-refractivity contribution in [1.82, 2.24) is 20.1 Å². The van der Waals surface area contributed by atoms with Crippen LogP contribution in [0, 0.1) is 0 Å². The molecular formula is C18H22N4O3S. The molecule has 2 aromatic rings. The van der Waals surface area contributed by atoms with Crippen LogP contribution in [-0.4, -0.2) is 73.2 Å². The van der Waals surface area contributed by atoms with Gasteiger partial charge in [0.05, 0.1) is 7.11 Å². The molecule has 0 bridgehead atoms. The second kappa shape index (κ2) is 8.77. The largest absolute Gasteiger partial charge is 0.453 e. The lowest BCUT2D eigenvalue weighted by Gasteiger charge is -2.33. The van der Waals surface area contributed by atoms with Gasteiger partial charge < -0.3 is 15.0 Å². The zero-order chi connectivity index (χ0) is 18.4. The van der Waals surface area contributed by atoms with Crippen LogP contribution in [0.5, 0.6) is 0 Å². The predicted molar refractivity (Wildman–Crippen MR) is 100 cm³/mol. The fraction of sp³-hybridized carbons (Fsp3) is 0.389. The number of rotatable bonds is 5. The molecule has 0 atom stereocenters. The number of hydrogen-bond donors (Lipinski definition) is 1. The number of methoxy groups -OCH3 is 1. The van der Waals surface area contributed by atoms with Crippen LogP contribution in [0.2, 0.25) is 0 Å². The molecule has 1 saturated heterocycles. The first-order chi connectivity index (χ1) is 12.7. The van der Waals surface area contributed by atoms with Crippen molar-refractivity contribution in [3.63, 3.8) is 0 Å². The standard InChI is InChI=1S/C18H22N4O3S/c1-25-18(24)22-11-9-21(10-12-22)8-7-19-16(23)15-13-26-17(20-15)14-5-3-2-4-6-14/h2-6,13H,7-12H2,1H3,(H,19,23). The fourth-order valence-corrected chi connectivity index (χ4v) is 3.60. The maximum Gasteiger partial charge on any atom is 0.409 e. The number of carbonyl (C=O) groups excluding carboxylic acids is 2. The summed E-state index contributed by atoms with van der Waals surface area (Å²) in [5.41, 5.74) is 1.46. The molecule has 2 amide bonds. The summed E-state index contributed by atoms with van der Waals surface area (Å²) in [5.74, 6) is -0.156. The van der Waals surface area contributed by atoms with E-state index < -0.39 is 0 Å². The summed E-state index contributed by atoms with van der Waals surface area (Å²) < 4.78 is 4.73. The molecule has 1 aliphatic heterocycles. The summed E-state index contributed by atoms with van der Waals surface area (Å²) in [5, 5.41) is 5.54. The summed E-state index contributed by atoms with van der Waals surface area (Å²) in [6.07, 6.45) is -0.282. The third-order valence-corrected chi connectivity index (χ3v) is 5.17. The Kier molecular flexibility index (Phi) is 6.19. The van der Waals surface area contributed by atoms with Gasteiger partial charge in [0.2, 0.25) is 0 Å². The maximum absolute atomic E-state index is 12.3. The van der Waals surface area contributed by atoms with E-state index in [1.54, 1.807) is 10.3 Å². The average Bonchev–Trinajstić information content (AvgIpc) is 3.19. The molecule has 0 unspecified atom stereocenters. The smallest absolute Gasteiger partial charge is 0.409 e. The van der Waals surface area contributed by atoms with Crippen LogP contribution in [0.4, 0.5) is 4.79 Å². The Balaban J connectivity index is 1.43. The summed E-state index contributed by atoms with van der Waals surface area (Å²) in [6.45, 7) is 4.14. The Labute approximate surface area is 156 Å². The van der Waals surface area contributed by atoms with Gasteiger partial charge in [-0.15, -0.1) is 11.3 Å². The molecule has 0 saturated carbocycles. The second-order valence-corrected chi connectivity index (χ2v) is 6.82. The topological polar surface area (TPSA) is 74.8 Å². The van der Waals surface area contributed by atoms with E-state index in [0.29, 0.717) is 25.3 Å². The quantitative estimate of drug-likeness (QED) is 0.866. The van der Waals surface area contributed by atoms with Gasteiger partial charge in [-0.1, -0.05) is 30.3 Å². The van der Waals surface area contributed by atoms with E-state index >= 15 is 0 Å². The van der Waals surface area contributed by atoms with Crippen molar-refractivity contribution in [3.8, 4) is 10.6 Å². The number of thiazole rings is 1. The number of nitrogens with one attached hydrogen (secondary N) is 1. The van der Waals surface area contributed by atoms with Crippen LogP contribution in [0.3, 0.4) is 0 Å². The molecule has 0 aliphatic carbocycles.